The minimum Gasteiger partial charge on any atom is -0.497 e. The van der Waals surface area contributed by atoms with E-state index in [-0.39, 0.29) is 11.8 Å². The van der Waals surface area contributed by atoms with Crippen molar-refractivity contribution in [2.24, 2.45) is 0 Å². The van der Waals surface area contributed by atoms with E-state index in [0.29, 0.717) is 24.4 Å². The highest BCUT2D eigenvalue weighted by Crippen LogP contribution is 2.20. The minimum atomic E-state index is -0.171. The lowest BCUT2D eigenvalue weighted by molar-refractivity contribution is -0.116. The smallest absolute Gasteiger partial charge is 0.251 e. The van der Waals surface area contributed by atoms with Crippen LogP contribution < -0.4 is 15.0 Å². The summed E-state index contributed by atoms with van der Waals surface area (Å²) in [6, 6.07) is 14.7. The van der Waals surface area contributed by atoms with Gasteiger partial charge in [-0.25, -0.2) is 0 Å². The molecule has 0 fully saturated rings. The number of carbonyl (C=O) groups is 2. The molecule has 2 aromatic carbocycles. The van der Waals surface area contributed by atoms with Crippen LogP contribution in [0.15, 0.2) is 48.5 Å². The molecule has 0 saturated carbocycles. The van der Waals surface area contributed by atoms with Gasteiger partial charge < -0.3 is 15.0 Å². The zero-order valence-corrected chi connectivity index (χ0v) is 14.9. The highest BCUT2D eigenvalue weighted by molar-refractivity contribution is 5.95. The van der Waals surface area contributed by atoms with E-state index in [2.05, 4.69) is 12.2 Å². The number of carbonyl (C=O) groups excluding carboxylic acids is 2. The molecule has 25 heavy (non-hydrogen) atoms. The van der Waals surface area contributed by atoms with Gasteiger partial charge in [-0.05, 0) is 42.3 Å². The van der Waals surface area contributed by atoms with Gasteiger partial charge in [-0.2, -0.15) is 0 Å². The summed E-state index contributed by atoms with van der Waals surface area (Å²) in [5.41, 5.74) is 2.57. The fourth-order valence-electron chi connectivity index (χ4n) is 2.65. The molecule has 2 rings (SSSR count). The molecule has 0 radical (unpaired) electrons. The van der Waals surface area contributed by atoms with E-state index >= 15 is 0 Å². The van der Waals surface area contributed by atoms with Gasteiger partial charge in [0, 0.05) is 31.3 Å². The van der Waals surface area contributed by atoms with Crippen molar-refractivity contribution in [1.29, 1.82) is 0 Å². The summed E-state index contributed by atoms with van der Waals surface area (Å²) in [7, 11) is 1.58. The molecule has 0 heterocycles. The third kappa shape index (κ3) is 4.83. The first-order chi connectivity index (χ1) is 12.1. The Morgan fingerprint density at radius 3 is 2.36 bits per heavy atom. The van der Waals surface area contributed by atoms with Crippen LogP contribution in [0.25, 0.3) is 0 Å². The molecule has 0 aromatic heterocycles. The van der Waals surface area contributed by atoms with Crippen molar-refractivity contribution in [2.75, 3.05) is 25.1 Å². The second-order valence-electron chi connectivity index (χ2n) is 5.64. The highest BCUT2D eigenvalue weighted by atomic mass is 16.5. The maximum absolute atomic E-state index is 12.2. The van der Waals surface area contributed by atoms with Crippen molar-refractivity contribution in [1.82, 2.24) is 5.32 Å². The minimum absolute atomic E-state index is 0.0420. The molecule has 2 amide bonds. The van der Waals surface area contributed by atoms with Gasteiger partial charge >= 0.3 is 0 Å². The van der Waals surface area contributed by atoms with Gasteiger partial charge in [0.05, 0.1) is 7.11 Å². The standard InChI is InChI=1S/C20H24N2O3/c1-4-16-7-5-6-8-19(16)22(15(2)23)14-13-21-20(24)17-9-11-18(25-3)12-10-17/h5-12H,4,13-14H2,1-3H3,(H,21,24). The molecule has 0 aliphatic rings. The van der Waals surface area contributed by atoms with Crippen LogP contribution in [0.3, 0.4) is 0 Å². The first kappa shape index (κ1) is 18.5. The second kappa shape index (κ2) is 8.87. The molecule has 0 atom stereocenters. The lowest BCUT2D eigenvalue weighted by Crippen LogP contribution is -2.38. The third-order valence-corrected chi connectivity index (χ3v) is 4.02. The first-order valence-corrected chi connectivity index (χ1v) is 8.35. The molecule has 132 valence electrons. The summed E-state index contributed by atoms with van der Waals surface area (Å²) in [6.07, 6.45) is 0.845. The van der Waals surface area contributed by atoms with E-state index in [1.165, 1.54) is 6.92 Å². The van der Waals surface area contributed by atoms with Gasteiger partial charge in [-0.1, -0.05) is 25.1 Å². The van der Waals surface area contributed by atoms with E-state index in [1.54, 1.807) is 36.3 Å². The molecule has 0 spiro atoms. The second-order valence-corrected chi connectivity index (χ2v) is 5.64. The number of benzene rings is 2. The van der Waals surface area contributed by atoms with Crippen molar-refractivity contribution < 1.29 is 14.3 Å². The molecule has 0 aliphatic heterocycles. The Morgan fingerprint density at radius 2 is 1.76 bits per heavy atom. The fourth-order valence-corrected chi connectivity index (χ4v) is 2.65. The Balaban J connectivity index is 1.99. The highest BCUT2D eigenvalue weighted by Gasteiger charge is 2.14. The summed E-state index contributed by atoms with van der Waals surface area (Å²) < 4.78 is 5.08. The zero-order valence-electron chi connectivity index (χ0n) is 14.9. The number of rotatable bonds is 7. The third-order valence-electron chi connectivity index (χ3n) is 4.02. The lowest BCUT2D eigenvalue weighted by Gasteiger charge is -2.24. The average Bonchev–Trinajstić information content (AvgIpc) is 2.65. The predicted molar refractivity (Wildman–Crippen MR) is 99.2 cm³/mol. The van der Waals surface area contributed by atoms with Gasteiger partial charge in [0.1, 0.15) is 5.75 Å². The number of nitrogens with one attached hydrogen (secondary N) is 1. The number of para-hydroxylation sites is 1. The average molecular weight is 340 g/mol. The van der Waals surface area contributed by atoms with Crippen molar-refractivity contribution >= 4 is 17.5 Å². The first-order valence-electron chi connectivity index (χ1n) is 8.35. The largest absolute Gasteiger partial charge is 0.497 e. The van der Waals surface area contributed by atoms with Gasteiger partial charge in [0.15, 0.2) is 0 Å². The molecule has 0 bridgehead atoms. The zero-order chi connectivity index (χ0) is 18.2. The monoisotopic (exact) mass is 340 g/mol. The van der Waals surface area contributed by atoms with Crippen molar-refractivity contribution in [3.63, 3.8) is 0 Å². The summed E-state index contributed by atoms with van der Waals surface area (Å²) in [5.74, 6) is 0.491. The molecule has 0 saturated heterocycles. The van der Waals surface area contributed by atoms with Crippen LogP contribution in [-0.2, 0) is 11.2 Å². The van der Waals surface area contributed by atoms with E-state index in [4.69, 9.17) is 4.74 Å². The van der Waals surface area contributed by atoms with Crippen LogP contribution in [0, 0.1) is 0 Å². The summed E-state index contributed by atoms with van der Waals surface area (Å²) in [6.45, 7) is 4.40. The van der Waals surface area contributed by atoms with E-state index < -0.39 is 0 Å². The quantitative estimate of drug-likeness (QED) is 0.843. The SMILES string of the molecule is CCc1ccccc1N(CCNC(=O)c1ccc(OC)cc1)C(C)=O. The van der Waals surface area contributed by atoms with Gasteiger partial charge in [-0.3, -0.25) is 9.59 Å². The van der Waals surface area contributed by atoms with E-state index in [1.807, 2.05) is 24.3 Å². The lowest BCUT2D eigenvalue weighted by atomic mass is 10.1. The number of hydrogen-bond acceptors (Lipinski definition) is 3. The molecule has 1 N–H and O–H groups in total. The maximum atomic E-state index is 12.2. The van der Waals surface area contributed by atoms with Crippen molar-refractivity contribution in [3.8, 4) is 5.75 Å². The number of aryl methyl sites for hydroxylation is 1. The molecular weight excluding hydrogens is 316 g/mol. The Bertz CT molecular complexity index is 726. The van der Waals surface area contributed by atoms with Crippen LogP contribution in [0.2, 0.25) is 0 Å². The summed E-state index contributed by atoms with van der Waals surface area (Å²) >= 11 is 0. The van der Waals surface area contributed by atoms with E-state index in [0.717, 1.165) is 17.7 Å². The van der Waals surface area contributed by atoms with Crippen LogP contribution in [0.4, 0.5) is 5.69 Å². The Labute approximate surface area is 148 Å². The topological polar surface area (TPSA) is 58.6 Å². The van der Waals surface area contributed by atoms with Gasteiger partial charge in [0.25, 0.3) is 5.91 Å². The molecule has 2 aromatic rings. The molecule has 5 heteroatoms. The molecule has 0 aliphatic carbocycles. The van der Waals surface area contributed by atoms with Gasteiger partial charge in [0.2, 0.25) is 5.91 Å². The van der Waals surface area contributed by atoms with Crippen molar-refractivity contribution in [3.05, 3.63) is 59.7 Å². The van der Waals surface area contributed by atoms with Crippen molar-refractivity contribution in [2.45, 2.75) is 20.3 Å². The summed E-state index contributed by atoms with van der Waals surface area (Å²) in [4.78, 5) is 25.9. The maximum Gasteiger partial charge on any atom is 0.251 e. The molecule has 5 nitrogen and oxygen atoms in total. The fraction of sp³-hybridized carbons (Fsp3) is 0.300. The Hall–Kier alpha value is -2.82. The Morgan fingerprint density at radius 1 is 1.08 bits per heavy atom. The number of nitrogens with zero attached hydrogens (tertiary/aromatic N) is 1. The normalized spacial score (nSPS) is 10.2. The number of methoxy groups -OCH3 is 1. The molecule has 0 unspecified atom stereocenters. The number of ether oxygens (including phenoxy) is 1. The van der Waals surface area contributed by atoms with Crippen LogP contribution in [-0.4, -0.2) is 32.0 Å². The van der Waals surface area contributed by atoms with Crippen LogP contribution >= 0.6 is 0 Å². The van der Waals surface area contributed by atoms with Crippen LogP contribution in [0.5, 0.6) is 5.75 Å². The molecular formula is C20H24N2O3. The van der Waals surface area contributed by atoms with E-state index in [9.17, 15) is 9.59 Å². The van der Waals surface area contributed by atoms with Gasteiger partial charge in [-0.15, -0.1) is 0 Å². The number of amides is 2. The predicted octanol–water partition coefficient (Wildman–Crippen LogP) is 3.04. The number of anilines is 1. The Kier molecular flexibility index (Phi) is 6.57. The number of hydrogen-bond donors (Lipinski definition) is 1. The summed E-state index contributed by atoms with van der Waals surface area (Å²) in [5, 5.41) is 2.86. The van der Waals surface area contributed by atoms with Crippen LogP contribution in [0.1, 0.15) is 29.8 Å².